The maximum Gasteiger partial charge on any atom is 0.257 e. The summed E-state index contributed by atoms with van der Waals surface area (Å²) < 4.78 is 3.29. The molecule has 90 valence electrons. The maximum atomic E-state index is 11.8. The first-order chi connectivity index (χ1) is 8.09. The normalized spacial score (nSPS) is 10.5. The number of rotatable bonds is 3. The number of nitrogens with two attached hydrogens (primary N) is 1. The summed E-state index contributed by atoms with van der Waals surface area (Å²) in [6, 6.07) is 0. The Hall–Kier alpha value is -2.31. The van der Waals surface area contributed by atoms with Gasteiger partial charge in [-0.2, -0.15) is 5.10 Å². The predicted molar refractivity (Wildman–Crippen MR) is 62.0 cm³/mol. The van der Waals surface area contributed by atoms with Crippen molar-refractivity contribution in [3.05, 3.63) is 30.0 Å². The lowest BCUT2D eigenvalue weighted by Gasteiger charge is -2.04. The smallest absolute Gasteiger partial charge is 0.257 e. The standard InChI is InChI=1S/C10H14N6O/c1-15-4-3-12-8(15)6-13-10(17)7-5-14-16(2)9(7)11/h3-5H,6,11H2,1-2H3,(H,13,17). The molecule has 0 saturated heterocycles. The van der Waals surface area contributed by atoms with E-state index < -0.39 is 0 Å². The van der Waals surface area contributed by atoms with Gasteiger partial charge < -0.3 is 15.6 Å². The third-order valence-corrected chi connectivity index (χ3v) is 2.56. The van der Waals surface area contributed by atoms with E-state index in [2.05, 4.69) is 15.4 Å². The molecule has 0 aromatic carbocycles. The second kappa shape index (κ2) is 4.28. The van der Waals surface area contributed by atoms with Crippen LogP contribution in [0, 0.1) is 0 Å². The summed E-state index contributed by atoms with van der Waals surface area (Å²) in [6.45, 7) is 0.358. The lowest BCUT2D eigenvalue weighted by atomic mass is 10.3. The molecule has 0 saturated carbocycles. The Bertz CT molecular complexity index is 541. The van der Waals surface area contributed by atoms with Gasteiger partial charge in [-0.25, -0.2) is 4.98 Å². The molecule has 0 aliphatic rings. The van der Waals surface area contributed by atoms with E-state index in [4.69, 9.17) is 5.73 Å². The van der Waals surface area contributed by atoms with Crippen molar-refractivity contribution in [2.45, 2.75) is 6.54 Å². The van der Waals surface area contributed by atoms with Crippen LogP contribution in [0.4, 0.5) is 5.82 Å². The van der Waals surface area contributed by atoms with E-state index >= 15 is 0 Å². The van der Waals surface area contributed by atoms with Gasteiger partial charge in [0.1, 0.15) is 17.2 Å². The van der Waals surface area contributed by atoms with Crippen molar-refractivity contribution in [3.63, 3.8) is 0 Å². The highest BCUT2D eigenvalue weighted by molar-refractivity contribution is 5.98. The second-order valence-corrected chi connectivity index (χ2v) is 3.70. The average molecular weight is 234 g/mol. The number of aromatic nitrogens is 4. The van der Waals surface area contributed by atoms with Gasteiger partial charge in [-0.1, -0.05) is 0 Å². The van der Waals surface area contributed by atoms with Crippen LogP contribution in [0.15, 0.2) is 18.6 Å². The monoisotopic (exact) mass is 234 g/mol. The number of nitrogens with zero attached hydrogens (tertiary/aromatic N) is 4. The number of carbonyl (C=O) groups is 1. The second-order valence-electron chi connectivity index (χ2n) is 3.70. The van der Waals surface area contributed by atoms with Crippen LogP contribution in [0.3, 0.4) is 0 Å². The summed E-state index contributed by atoms with van der Waals surface area (Å²) in [4.78, 5) is 15.9. The fourth-order valence-corrected chi connectivity index (χ4v) is 1.44. The molecular weight excluding hydrogens is 220 g/mol. The maximum absolute atomic E-state index is 11.8. The number of hydrogen-bond donors (Lipinski definition) is 2. The van der Waals surface area contributed by atoms with E-state index in [1.807, 2.05) is 17.8 Å². The minimum absolute atomic E-state index is 0.251. The van der Waals surface area contributed by atoms with Crippen LogP contribution in [-0.2, 0) is 20.6 Å². The van der Waals surface area contributed by atoms with Crippen LogP contribution < -0.4 is 11.1 Å². The largest absolute Gasteiger partial charge is 0.383 e. The summed E-state index contributed by atoms with van der Waals surface area (Å²) in [6.07, 6.45) is 4.95. The van der Waals surface area contributed by atoms with E-state index in [-0.39, 0.29) is 5.91 Å². The van der Waals surface area contributed by atoms with Crippen LogP contribution in [0.2, 0.25) is 0 Å². The van der Waals surface area contributed by atoms with E-state index in [9.17, 15) is 4.79 Å². The molecule has 2 heterocycles. The molecule has 0 atom stereocenters. The summed E-state index contributed by atoms with van der Waals surface area (Å²) in [7, 11) is 3.55. The molecule has 7 heteroatoms. The molecule has 2 aromatic heterocycles. The molecule has 7 nitrogen and oxygen atoms in total. The Morgan fingerprint density at radius 3 is 2.82 bits per heavy atom. The summed E-state index contributed by atoms with van der Waals surface area (Å²) >= 11 is 0. The third kappa shape index (κ3) is 2.12. The highest BCUT2D eigenvalue weighted by Gasteiger charge is 2.13. The van der Waals surface area contributed by atoms with Crippen molar-refractivity contribution in [1.29, 1.82) is 0 Å². The average Bonchev–Trinajstić information content (AvgIpc) is 2.84. The Morgan fingerprint density at radius 1 is 1.53 bits per heavy atom. The van der Waals surface area contributed by atoms with Gasteiger partial charge in [-0.15, -0.1) is 0 Å². The Morgan fingerprint density at radius 2 is 2.29 bits per heavy atom. The molecule has 1 amide bonds. The first kappa shape index (κ1) is 11.2. The molecule has 0 aliphatic carbocycles. The van der Waals surface area contributed by atoms with Gasteiger partial charge in [0.2, 0.25) is 0 Å². The van der Waals surface area contributed by atoms with Gasteiger partial charge >= 0.3 is 0 Å². The number of anilines is 1. The van der Waals surface area contributed by atoms with Crippen LogP contribution in [0.1, 0.15) is 16.2 Å². The molecule has 0 radical (unpaired) electrons. The molecule has 17 heavy (non-hydrogen) atoms. The number of aryl methyl sites for hydroxylation is 2. The molecular formula is C10H14N6O. The fraction of sp³-hybridized carbons (Fsp3) is 0.300. The first-order valence-corrected chi connectivity index (χ1v) is 5.11. The molecule has 3 N–H and O–H groups in total. The minimum atomic E-state index is -0.251. The number of amides is 1. The van der Waals surface area contributed by atoms with E-state index in [0.29, 0.717) is 17.9 Å². The van der Waals surface area contributed by atoms with Crippen molar-refractivity contribution >= 4 is 11.7 Å². The Kier molecular flexibility index (Phi) is 2.82. The van der Waals surface area contributed by atoms with Crippen LogP contribution in [0.25, 0.3) is 0 Å². The highest BCUT2D eigenvalue weighted by Crippen LogP contribution is 2.08. The zero-order chi connectivity index (χ0) is 12.4. The van der Waals surface area contributed by atoms with Gasteiger partial charge in [-0.3, -0.25) is 9.48 Å². The fourth-order valence-electron chi connectivity index (χ4n) is 1.44. The van der Waals surface area contributed by atoms with E-state index in [1.54, 1.807) is 13.2 Å². The first-order valence-electron chi connectivity index (χ1n) is 5.11. The molecule has 0 aliphatic heterocycles. The van der Waals surface area contributed by atoms with Crippen LogP contribution in [0.5, 0.6) is 0 Å². The van der Waals surface area contributed by atoms with Crippen molar-refractivity contribution < 1.29 is 4.79 Å². The predicted octanol–water partition coefficient (Wildman–Crippen LogP) is -0.334. The number of imidazole rings is 1. The molecule has 0 bridgehead atoms. The van der Waals surface area contributed by atoms with Gasteiger partial charge in [-0.05, 0) is 0 Å². The topological polar surface area (TPSA) is 90.8 Å². The number of hydrogen-bond acceptors (Lipinski definition) is 4. The number of nitrogen functional groups attached to an aromatic ring is 1. The van der Waals surface area contributed by atoms with Crippen LogP contribution >= 0.6 is 0 Å². The highest BCUT2D eigenvalue weighted by atomic mass is 16.1. The number of nitrogens with one attached hydrogen (secondary N) is 1. The zero-order valence-corrected chi connectivity index (χ0v) is 9.71. The van der Waals surface area contributed by atoms with Gasteiger partial charge in [0.05, 0.1) is 12.7 Å². The van der Waals surface area contributed by atoms with Crippen LogP contribution in [-0.4, -0.2) is 25.2 Å². The van der Waals surface area contributed by atoms with Crippen molar-refractivity contribution in [2.24, 2.45) is 14.1 Å². The number of carbonyl (C=O) groups excluding carboxylic acids is 1. The van der Waals surface area contributed by atoms with E-state index in [0.717, 1.165) is 5.82 Å². The lowest BCUT2D eigenvalue weighted by molar-refractivity contribution is 0.0950. The molecule has 0 spiro atoms. The van der Waals surface area contributed by atoms with Crippen molar-refractivity contribution in [2.75, 3.05) is 5.73 Å². The van der Waals surface area contributed by atoms with Gasteiger partial charge in [0.15, 0.2) is 0 Å². The van der Waals surface area contributed by atoms with Gasteiger partial charge in [0.25, 0.3) is 5.91 Å². The Balaban J connectivity index is 2.03. The zero-order valence-electron chi connectivity index (χ0n) is 9.71. The molecule has 0 unspecified atom stereocenters. The quantitative estimate of drug-likeness (QED) is 0.760. The summed E-state index contributed by atoms with van der Waals surface area (Å²) in [5.41, 5.74) is 6.08. The van der Waals surface area contributed by atoms with Crippen molar-refractivity contribution in [1.82, 2.24) is 24.6 Å². The Labute approximate surface area is 98.2 Å². The molecule has 2 aromatic rings. The summed E-state index contributed by atoms with van der Waals surface area (Å²) in [5.74, 6) is 0.877. The molecule has 0 fully saturated rings. The summed E-state index contributed by atoms with van der Waals surface area (Å²) in [5, 5.41) is 6.65. The van der Waals surface area contributed by atoms with Crippen molar-refractivity contribution in [3.8, 4) is 0 Å². The molecule has 2 rings (SSSR count). The lowest BCUT2D eigenvalue weighted by Crippen LogP contribution is -2.25. The van der Waals surface area contributed by atoms with E-state index in [1.165, 1.54) is 10.9 Å². The SMILES string of the molecule is Cn1ccnc1CNC(=O)c1cnn(C)c1N. The minimum Gasteiger partial charge on any atom is -0.383 e. The van der Waals surface area contributed by atoms with Gasteiger partial charge in [0, 0.05) is 26.5 Å². The third-order valence-electron chi connectivity index (χ3n) is 2.56.